The average Bonchev–Trinajstić information content (AvgIpc) is 2.74. The number of rotatable bonds is 4. The van der Waals surface area contributed by atoms with Crippen molar-refractivity contribution in [2.45, 2.75) is 32.6 Å². The van der Waals surface area contributed by atoms with E-state index >= 15 is 0 Å². The summed E-state index contributed by atoms with van der Waals surface area (Å²) in [7, 11) is 0. The van der Waals surface area contributed by atoms with E-state index in [0.29, 0.717) is 13.0 Å². The highest BCUT2D eigenvalue weighted by atomic mass is 35.5. The van der Waals surface area contributed by atoms with Gasteiger partial charge in [0.25, 0.3) is 0 Å². The molecule has 1 atom stereocenters. The molecule has 0 bridgehead atoms. The number of hydrogen-bond donors (Lipinski definition) is 2. The standard InChI is InChI=1S/C13H23N3O2.ClH/c1-13(5-3-6-14-9-13)10-15-11(17)8-16-7-2-4-12(16)18;/h14H,2-10H2,1H3,(H,15,17);1H. The fourth-order valence-corrected chi connectivity index (χ4v) is 2.68. The molecule has 2 N–H and O–H groups in total. The van der Waals surface area contributed by atoms with Crippen molar-refractivity contribution in [3.8, 4) is 0 Å². The zero-order valence-corrected chi connectivity index (χ0v) is 12.4. The van der Waals surface area contributed by atoms with Gasteiger partial charge in [0.15, 0.2) is 0 Å². The fraction of sp³-hybridized carbons (Fsp3) is 0.846. The van der Waals surface area contributed by atoms with Crippen LogP contribution < -0.4 is 10.6 Å². The molecule has 0 spiro atoms. The number of amides is 2. The Morgan fingerprint density at radius 3 is 2.84 bits per heavy atom. The Balaban J connectivity index is 0.00000180. The Morgan fingerprint density at radius 1 is 1.47 bits per heavy atom. The minimum atomic E-state index is -0.0305. The summed E-state index contributed by atoms with van der Waals surface area (Å²) in [5, 5.41) is 6.33. The number of piperidine rings is 1. The molecule has 0 saturated carbocycles. The molecule has 2 heterocycles. The third kappa shape index (κ3) is 4.66. The summed E-state index contributed by atoms with van der Waals surface area (Å²) < 4.78 is 0. The van der Waals surface area contributed by atoms with Crippen molar-refractivity contribution >= 4 is 24.2 Å². The second-order valence-electron chi connectivity index (χ2n) is 5.79. The van der Waals surface area contributed by atoms with Crippen LogP contribution in [-0.4, -0.2) is 49.4 Å². The van der Waals surface area contributed by atoms with Gasteiger partial charge in [-0.15, -0.1) is 12.4 Å². The van der Waals surface area contributed by atoms with E-state index in [1.54, 1.807) is 4.90 Å². The fourth-order valence-electron chi connectivity index (χ4n) is 2.68. The molecule has 2 rings (SSSR count). The molecule has 1 unspecified atom stereocenters. The highest BCUT2D eigenvalue weighted by molar-refractivity contribution is 5.86. The van der Waals surface area contributed by atoms with Crippen LogP contribution in [0.2, 0.25) is 0 Å². The lowest BCUT2D eigenvalue weighted by molar-refractivity contribution is -0.133. The largest absolute Gasteiger partial charge is 0.354 e. The molecule has 2 aliphatic heterocycles. The zero-order chi connectivity index (χ0) is 13.0. The molecule has 6 heteroatoms. The van der Waals surface area contributed by atoms with E-state index in [2.05, 4.69) is 17.6 Å². The smallest absolute Gasteiger partial charge is 0.239 e. The van der Waals surface area contributed by atoms with Gasteiger partial charge in [-0.25, -0.2) is 0 Å². The van der Waals surface area contributed by atoms with Crippen molar-refractivity contribution in [2.75, 3.05) is 32.7 Å². The van der Waals surface area contributed by atoms with Crippen LogP contribution in [0.4, 0.5) is 0 Å². The van der Waals surface area contributed by atoms with Crippen LogP contribution in [0.15, 0.2) is 0 Å². The molecule has 2 saturated heterocycles. The predicted octanol–water partition coefficient (Wildman–Crippen LogP) is 0.536. The van der Waals surface area contributed by atoms with Gasteiger partial charge in [0.1, 0.15) is 0 Å². The molecule has 2 amide bonds. The highest BCUT2D eigenvalue weighted by Gasteiger charge is 2.28. The van der Waals surface area contributed by atoms with E-state index in [-0.39, 0.29) is 36.2 Å². The van der Waals surface area contributed by atoms with Gasteiger partial charge in [0.05, 0.1) is 6.54 Å². The number of nitrogens with zero attached hydrogens (tertiary/aromatic N) is 1. The number of halogens is 1. The van der Waals surface area contributed by atoms with Gasteiger partial charge in [-0.05, 0) is 31.2 Å². The van der Waals surface area contributed by atoms with Crippen LogP contribution in [-0.2, 0) is 9.59 Å². The average molecular weight is 290 g/mol. The Labute approximate surface area is 120 Å². The number of nitrogens with one attached hydrogen (secondary N) is 2. The number of hydrogen-bond acceptors (Lipinski definition) is 3. The Kier molecular flexibility index (Phi) is 6.07. The van der Waals surface area contributed by atoms with Crippen LogP contribution in [0, 0.1) is 5.41 Å². The van der Waals surface area contributed by atoms with Crippen molar-refractivity contribution in [3.63, 3.8) is 0 Å². The quantitative estimate of drug-likeness (QED) is 0.794. The molecule has 0 aromatic heterocycles. The normalized spacial score (nSPS) is 27.0. The van der Waals surface area contributed by atoms with E-state index in [4.69, 9.17) is 0 Å². The Morgan fingerprint density at radius 2 is 2.26 bits per heavy atom. The minimum absolute atomic E-state index is 0. The first-order valence-corrected chi connectivity index (χ1v) is 6.84. The molecule has 2 fully saturated rings. The van der Waals surface area contributed by atoms with E-state index in [1.165, 1.54) is 0 Å². The number of carbonyl (C=O) groups is 2. The van der Waals surface area contributed by atoms with Crippen molar-refractivity contribution < 1.29 is 9.59 Å². The van der Waals surface area contributed by atoms with Gasteiger partial charge in [0.2, 0.25) is 11.8 Å². The minimum Gasteiger partial charge on any atom is -0.354 e. The molecule has 2 aliphatic rings. The molecular formula is C13H24ClN3O2. The van der Waals surface area contributed by atoms with E-state index < -0.39 is 0 Å². The van der Waals surface area contributed by atoms with Crippen molar-refractivity contribution in [1.82, 2.24) is 15.5 Å². The number of carbonyl (C=O) groups excluding carboxylic acids is 2. The maximum absolute atomic E-state index is 11.8. The van der Waals surface area contributed by atoms with E-state index in [0.717, 1.165) is 38.9 Å². The monoisotopic (exact) mass is 289 g/mol. The van der Waals surface area contributed by atoms with Gasteiger partial charge in [-0.2, -0.15) is 0 Å². The first kappa shape index (κ1) is 16.2. The summed E-state index contributed by atoms with van der Waals surface area (Å²) in [6.45, 7) is 5.87. The van der Waals surface area contributed by atoms with Crippen LogP contribution in [0.3, 0.4) is 0 Å². The maximum atomic E-state index is 11.8. The summed E-state index contributed by atoms with van der Waals surface area (Å²) in [5.74, 6) is 0.0766. The van der Waals surface area contributed by atoms with Crippen LogP contribution >= 0.6 is 12.4 Å². The lowest BCUT2D eigenvalue weighted by Gasteiger charge is -2.34. The first-order valence-electron chi connectivity index (χ1n) is 6.84. The second-order valence-corrected chi connectivity index (χ2v) is 5.79. The highest BCUT2D eigenvalue weighted by Crippen LogP contribution is 2.24. The van der Waals surface area contributed by atoms with E-state index in [1.807, 2.05) is 0 Å². The number of likely N-dealkylation sites (tertiary alicyclic amines) is 1. The van der Waals surface area contributed by atoms with Gasteiger partial charge in [-0.3, -0.25) is 9.59 Å². The molecule has 0 aromatic carbocycles. The van der Waals surface area contributed by atoms with Crippen molar-refractivity contribution in [3.05, 3.63) is 0 Å². The van der Waals surface area contributed by atoms with Gasteiger partial charge >= 0.3 is 0 Å². The molecular weight excluding hydrogens is 266 g/mol. The Hall–Kier alpha value is -0.810. The molecule has 0 aromatic rings. The van der Waals surface area contributed by atoms with Crippen LogP contribution in [0.25, 0.3) is 0 Å². The third-order valence-electron chi connectivity index (χ3n) is 3.90. The first-order chi connectivity index (χ1) is 8.59. The van der Waals surface area contributed by atoms with E-state index in [9.17, 15) is 9.59 Å². The summed E-state index contributed by atoms with van der Waals surface area (Å²) in [4.78, 5) is 24.9. The van der Waals surface area contributed by atoms with Gasteiger partial charge in [0, 0.05) is 26.1 Å². The molecule has 0 radical (unpaired) electrons. The second kappa shape index (κ2) is 7.10. The van der Waals surface area contributed by atoms with Gasteiger partial charge < -0.3 is 15.5 Å². The van der Waals surface area contributed by atoms with Crippen molar-refractivity contribution in [2.24, 2.45) is 5.41 Å². The van der Waals surface area contributed by atoms with Crippen molar-refractivity contribution in [1.29, 1.82) is 0 Å². The maximum Gasteiger partial charge on any atom is 0.239 e. The predicted molar refractivity (Wildman–Crippen MR) is 76.3 cm³/mol. The third-order valence-corrected chi connectivity index (χ3v) is 3.90. The topological polar surface area (TPSA) is 61.4 Å². The summed E-state index contributed by atoms with van der Waals surface area (Å²) in [6, 6.07) is 0. The molecule has 5 nitrogen and oxygen atoms in total. The molecule has 19 heavy (non-hydrogen) atoms. The summed E-state index contributed by atoms with van der Waals surface area (Å²) >= 11 is 0. The Bertz CT molecular complexity index is 330. The molecule has 110 valence electrons. The summed E-state index contributed by atoms with van der Waals surface area (Å²) in [6.07, 6.45) is 3.78. The SMILES string of the molecule is CC1(CNC(=O)CN2CCCC2=O)CCCNC1.Cl. The molecule has 0 aliphatic carbocycles. The zero-order valence-electron chi connectivity index (χ0n) is 11.5. The lowest BCUT2D eigenvalue weighted by Crippen LogP contribution is -2.47. The van der Waals surface area contributed by atoms with Crippen LogP contribution in [0.5, 0.6) is 0 Å². The lowest BCUT2D eigenvalue weighted by atomic mass is 9.83. The summed E-state index contributed by atoms with van der Waals surface area (Å²) in [5.41, 5.74) is 0.156. The van der Waals surface area contributed by atoms with Crippen LogP contribution in [0.1, 0.15) is 32.6 Å². The van der Waals surface area contributed by atoms with Gasteiger partial charge in [-0.1, -0.05) is 6.92 Å².